The van der Waals surface area contributed by atoms with E-state index in [0.29, 0.717) is 4.31 Å². The number of nitrogens with zero attached hydrogens (tertiary/aromatic N) is 2. The maximum absolute atomic E-state index is 11.6. The summed E-state index contributed by atoms with van der Waals surface area (Å²) in [5.74, 6) is -1.33. The van der Waals surface area contributed by atoms with Crippen molar-refractivity contribution < 1.29 is 23.6 Å². The van der Waals surface area contributed by atoms with Crippen molar-refractivity contribution in [2.45, 2.75) is 0 Å². The SMILES string of the molecule is O=C(O)c1ccccc1N(c1ccc(Cl)c([N+](=O)[O-])c1)S(=O)[O-]. The third kappa shape index (κ3) is 3.47. The van der Waals surface area contributed by atoms with E-state index in [2.05, 4.69) is 0 Å². The van der Waals surface area contributed by atoms with Gasteiger partial charge in [-0.05, 0) is 24.3 Å². The normalized spacial score (nSPS) is 11.7. The molecule has 0 aliphatic carbocycles. The fourth-order valence-electron chi connectivity index (χ4n) is 1.90. The molecule has 0 aromatic heterocycles. The highest BCUT2D eigenvalue weighted by atomic mass is 35.5. The van der Waals surface area contributed by atoms with Crippen LogP contribution in [0, 0.1) is 10.1 Å². The van der Waals surface area contributed by atoms with Crippen LogP contribution in [0.4, 0.5) is 17.1 Å². The number of carbonyl (C=O) groups is 1. The van der Waals surface area contributed by atoms with Gasteiger partial charge < -0.3 is 9.66 Å². The molecule has 0 radical (unpaired) electrons. The second-order valence-corrected chi connectivity index (χ2v) is 5.43. The number of hydrogen-bond acceptors (Lipinski definition) is 5. The van der Waals surface area contributed by atoms with Crippen molar-refractivity contribution in [1.82, 2.24) is 0 Å². The number of benzene rings is 2. The Balaban J connectivity index is 2.66. The quantitative estimate of drug-likeness (QED) is 0.499. The van der Waals surface area contributed by atoms with Crippen LogP contribution in [0.3, 0.4) is 0 Å². The Morgan fingerprint density at radius 1 is 1.26 bits per heavy atom. The summed E-state index contributed by atoms with van der Waals surface area (Å²) in [6, 6.07) is 8.75. The van der Waals surface area contributed by atoms with Gasteiger partial charge >= 0.3 is 5.97 Å². The lowest BCUT2D eigenvalue weighted by Crippen LogP contribution is -2.22. The van der Waals surface area contributed by atoms with Crippen LogP contribution in [-0.2, 0) is 11.3 Å². The van der Waals surface area contributed by atoms with E-state index in [1.54, 1.807) is 0 Å². The fraction of sp³-hybridized carbons (Fsp3) is 0. The summed E-state index contributed by atoms with van der Waals surface area (Å²) in [4.78, 5) is 21.4. The summed E-state index contributed by atoms with van der Waals surface area (Å²) in [5.41, 5.74) is -1.02. The Morgan fingerprint density at radius 2 is 1.91 bits per heavy atom. The second kappa shape index (κ2) is 6.73. The lowest BCUT2D eigenvalue weighted by Gasteiger charge is -2.27. The summed E-state index contributed by atoms with van der Waals surface area (Å²) < 4.78 is 23.8. The van der Waals surface area contributed by atoms with Gasteiger partial charge in [0.2, 0.25) is 0 Å². The van der Waals surface area contributed by atoms with Crippen LogP contribution in [0.15, 0.2) is 42.5 Å². The second-order valence-electron chi connectivity index (χ2n) is 4.23. The van der Waals surface area contributed by atoms with Crippen LogP contribution in [0.2, 0.25) is 5.02 Å². The van der Waals surface area contributed by atoms with Crippen LogP contribution in [0.5, 0.6) is 0 Å². The molecule has 1 atom stereocenters. The molecule has 0 bridgehead atoms. The number of nitro groups is 1. The predicted octanol–water partition coefficient (Wildman–Crippen LogP) is 2.88. The van der Waals surface area contributed by atoms with Gasteiger partial charge in [-0.15, -0.1) is 0 Å². The van der Waals surface area contributed by atoms with Crippen LogP contribution in [0.25, 0.3) is 0 Å². The molecule has 0 fully saturated rings. The molecular weight excluding hydrogens is 348 g/mol. The highest BCUT2D eigenvalue weighted by molar-refractivity contribution is 7.81. The van der Waals surface area contributed by atoms with Crippen molar-refractivity contribution in [2.75, 3.05) is 4.31 Å². The number of aromatic carboxylic acids is 1. The van der Waals surface area contributed by atoms with E-state index in [1.165, 1.54) is 30.3 Å². The Morgan fingerprint density at radius 3 is 2.48 bits per heavy atom. The van der Waals surface area contributed by atoms with Crippen molar-refractivity contribution in [3.63, 3.8) is 0 Å². The molecule has 120 valence electrons. The molecule has 1 unspecified atom stereocenters. The Hall–Kier alpha value is -2.49. The molecule has 0 amide bonds. The topological polar surface area (TPSA) is 124 Å². The van der Waals surface area contributed by atoms with Crippen LogP contribution >= 0.6 is 11.6 Å². The Labute approximate surface area is 137 Å². The highest BCUT2D eigenvalue weighted by Gasteiger charge is 2.21. The summed E-state index contributed by atoms with van der Waals surface area (Å²) in [6.45, 7) is 0. The van der Waals surface area contributed by atoms with E-state index in [9.17, 15) is 28.8 Å². The molecular formula is C13H8ClN2O6S-. The lowest BCUT2D eigenvalue weighted by molar-refractivity contribution is -0.384. The molecule has 10 heteroatoms. The first-order valence-electron chi connectivity index (χ1n) is 5.98. The van der Waals surface area contributed by atoms with Crippen molar-refractivity contribution >= 4 is 45.9 Å². The van der Waals surface area contributed by atoms with E-state index in [-0.39, 0.29) is 22.0 Å². The van der Waals surface area contributed by atoms with Crippen molar-refractivity contribution in [2.24, 2.45) is 0 Å². The number of hydrogen-bond donors (Lipinski definition) is 1. The fourth-order valence-corrected chi connectivity index (χ4v) is 2.70. The largest absolute Gasteiger partial charge is 0.755 e. The minimum atomic E-state index is -2.91. The molecule has 0 spiro atoms. The standard InChI is InChI=1S/C13H9ClN2O6S/c14-10-6-5-8(7-12(10)16(19)20)15(23(21)22)11-4-2-1-3-9(11)13(17)18/h1-7H,(H,17,18)(H,21,22)/p-1. The molecule has 23 heavy (non-hydrogen) atoms. The third-order valence-electron chi connectivity index (χ3n) is 2.86. The van der Waals surface area contributed by atoms with E-state index in [1.807, 2.05) is 0 Å². The summed E-state index contributed by atoms with van der Waals surface area (Å²) in [7, 11) is 0. The molecule has 1 N–H and O–H groups in total. The van der Waals surface area contributed by atoms with Gasteiger partial charge in [0, 0.05) is 6.07 Å². The van der Waals surface area contributed by atoms with Crippen LogP contribution in [-0.4, -0.2) is 24.8 Å². The number of halogens is 1. The zero-order chi connectivity index (χ0) is 17.1. The number of carboxylic acids is 1. The summed E-state index contributed by atoms with van der Waals surface area (Å²) in [6.07, 6.45) is 0. The molecule has 0 saturated heterocycles. The van der Waals surface area contributed by atoms with Gasteiger partial charge in [-0.3, -0.25) is 18.6 Å². The van der Waals surface area contributed by atoms with Crippen LogP contribution < -0.4 is 4.31 Å². The number of para-hydroxylation sites is 1. The molecule has 0 heterocycles. The average molecular weight is 356 g/mol. The van der Waals surface area contributed by atoms with E-state index < -0.39 is 27.8 Å². The van der Waals surface area contributed by atoms with E-state index in [0.717, 1.165) is 12.1 Å². The van der Waals surface area contributed by atoms with Crippen molar-refractivity contribution in [3.8, 4) is 0 Å². The maximum Gasteiger partial charge on any atom is 0.337 e. The van der Waals surface area contributed by atoms with Crippen molar-refractivity contribution in [1.29, 1.82) is 0 Å². The van der Waals surface area contributed by atoms with E-state index >= 15 is 0 Å². The third-order valence-corrected chi connectivity index (χ3v) is 3.89. The number of carboxylic acid groups (broad SMARTS) is 1. The van der Waals surface area contributed by atoms with Gasteiger partial charge in [-0.1, -0.05) is 23.7 Å². The van der Waals surface area contributed by atoms with Crippen LogP contribution in [0.1, 0.15) is 10.4 Å². The van der Waals surface area contributed by atoms with Gasteiger partial charge in [0.05, 0.1) is 33.1 Å². The maximum atomic E-state index is 11.6. The summed E-state index contributed by atoms with van der Waals surface area (Å²) >= 11 is 2.79. The zero-order valence-electron chi connectivity index (χ0n) is 11.2. The monoisotopic (exact) mass is 355 g/mol. The van der Waals surface area contributed by atoms with Gasteiger partial charge in [0.1, 0.15) is 5.02 Å². The minimum absolute atomic E-state index is 0.108. The number of rotatable bonds is 5. The van der Waals surface area contributed by atoms with E-state index in [4.69, 9.17) is 11.6 Å². The summed E-state index contributed by atoms with van der Waals surface area (Å²) in [5, 5.41) is 19.9. The predicted molar refractivity (Wildman–Crippen MR) is 82.6 cm³/mol. The Bertz CT molecular complexity index is 813. The van der Waals surface area contributed by atoms with Gasteiger partial charge in [-0.2, -0.15) is 0 Å². The first-order valence-corrected chi connectivity index (χ1v) is 7.39. The first-order chi connectivity index (χ1) is 10.8. The molecule has 2 rings (SSSR count). The first kappa shape index (κ1) is 16.9. The molecule has 0 saturated carbocycles. The van der Waals surface area contributed by atoms with Gasteiger partial charge in [-0.25, -0.2) is 4.79 Å². The van der Waals surface area contributed by atoms with Gasteiger partial charge in [0.15, 0.2) is 0 Å². The Kier molecular flexibility index (Phi) is 4.94. The van der Waals surface area contributed by atoms with Crippen molar-refractivity contribution in [3.05, 3.63) is 63.2 Å². The zero-order valence-corrected chi connectivity index (χ0v) is 12.8. The molecule has 0 aliphatic rings. The molecule has 0 aliphatic heterocycles. The number of nitro benzene ring substituents is 1. The van der Waals surface area contributed by atoms with Gasteiger partial charge in [0.25, 0.3) is 5.69 Å². The lowest BCUT2D eigenvalue weighted by atomic mass is 10.1. The minimum Gasteiger partial charge on any atom is -0.755 e. The number of anilines is 2. The smallest absolute Gasteiger partial charge is 0.337 e. The molecule has 2 aromatic carbocycles. The molecule has 8 nitrogen and oxygen atoms in total. The average Bonchev–Trinajstić information content (AvgIpc) is 2.48. The highest BCUT2D eigenvalue weighted by Crippen LogP contribution is 2.35. The molecule has 2 aromatic rings.